The number of oxazole rings is 1. The molecule has 6 nitrogen and oxygen atoms in total. The largest absolute Gasteiger partial charge is 1.00 e. The molecule has 0 amide bonds. The molecule has 0 bridgehead atoms. The summed E-state index contributed by atoms with van der Waals surface area (Å²) in [7, 11) is 1.60. The second-order valence-electron chi connectivity index (χ2n) is 5.74. The summed E-state index contributed by atoms with van der Waals surface area (Å²) in [5.74, 6) is 0.451. The van der Waals surface area contributed by atoms with Gasteiger partial charge in [0.05, 0.1) is 13.1 Å². The van der Waals surface area contributed by atoms with E-state index in [1.807, 2.05) is 36.4 Å². The Labute approximate surface area is 177 Å². The molecule has 3 aromatic carbocycles. The molecule has 0 fully saturated rings. The molecule has 0 atom stereocenters. The van der Waals surface area contributed by atoms with Crippen LogP contribution in [0.2, 0.25) is 0 Å². The molecule has 0 spiro atoms. The number of fused-ring (bicyclic) bond motifs is 2. The number of carbonyl (C=O) groups excluding carboxylic acids is 1. The van der Waals surface area contributed by atoms with Gasteiger partial charge >= 0.3 is 29.6 Å². The zero-order valence-electron chi connectivity index (χ0n) is 14.9. The first-order valence-electron chi connectivity index (χ1n) is 7.94. The van der Waals surface area contributed by atoms with E-state index in [2.05, 4.69) is 4.98 Å². The molecule has 1 heterocycles. The number of nitrogens with zero attached hydrogens (tertiary/aromatic N) is 1. The van der Waals surface area contributed by atoms with Gasteiger partial charge in [-0.05, 0) is 47.2 Å². The minimum absolute atomic E-state index is 0. The Morgan fingerprint density at radius 3 is 2.56 bits per heavy atom. The van der Waals surface area contributed by atoms with Crippen LogP contribution >= 0.6 is 0 Å². The maximum atomic E-state index is 10.5. The van der Waals surface area contributed by atoms with E-state index in [1.54, 1.807) is 25.3 Å². The molecule has 0 aliphatic carbocycles. The van der Waals surface area contributed by atoms with Crippen LogP contribution in [0.5, 0.6) is 11.5 Å². The zero-order chi connectivity index (χ0) is 18.1. The number of benzene rings is 3. The van der Waals surface area contributed by atoms with Gasteiger partial charge in [-0.1, -0.05) is 12.1 Å². The molecule has 7 heteroatoms. The van der Waals surface area contributed by atoms with Crippen molar-refractivity contribution < 1.29 is 53.3 Å². The molecule has 0 saturated heterocycles. The molecule has 4 aromatic rings. The maximum Gasteiger partial charge on any atom is 1.00 e. The molecule has 0 radical (unpaired) electrons. The summed E-state index contributed by atoms with van der Waals surface area (Å²) in [6.45, 7) is -0.476. The maximum absolute atomic E-state index is 10.5. The van der Waals surface area contributed by atoms with Crippen LogP contribution in [0.15, 0.2) is 59.0 Å². The van der Waals surface area contributed by atoms with Crippen molar-refractivity contribution in [2.75, 3.05) is 13.7 Å². The molecule has 0 N–H and O–H groups in total. The van der Waals surface area contributed by atoms with Crippen molar-refractivity contribution in [3.63, 3.8) is 0 Å². The van der Waals surface area contributed by atoms with E-state index in [1.165, 1.54) is 0 Å². The van der Waals surface area contributed by atoms with Crippen molar-refractivity contribution in [2.45, 2.75) is 0 Å². The summed E-state index contributed by atoms with van der Waals surface area (Å²) < 4.78 is 16.2. The van der Waals surface area contributed by atoms with Gasteiger partial charge in [0, 0.05) is 11.6 Å². The first-order chi connectivity index (χ1) is 12.6. The molecular formula is C20H14NNaO5. The first kappa shape index (κ1) is 19.2. The number of carboxylic acids is 1. The Balaban J connectivity index is 0.00000210. The van der Waals surface area contributed by atoms with E-state index in [-0.39, 0.29) is 29.6 Å². The van der Waals surface area contributed by atoms with Gasteiger partial charge in [0.2, 0.25) is 5.89 Å². The first-order valence-corrected chi connectivity index (χ1v) is 7.94. The molecule has 0 aliphatic rings. The Bertz CT molecular complexity index is 1120. The van der Waals surface area contributed by atoms with Crippen LogP contribution in [0.3, 0.4) is 0 Å². The summed E-state index contributed by atoms with van der Waals surface area (Å²) in [5, 5.41) is 12.4. The van der Waals surface area contributed by atoms with E-state index in [9.17, 15) is 9.90 Å². The number of methoxy groups -OCH3 is 1. The monoisotopic (exact) mass is 371 g/mol. The molecule has 1 aromatic heterocycles. The summed E-state index contributed by atoms with van der Waals surface area (Å²) in [5.41, 5.74) is 2.26. The van der Waals surface area contributed by atoms with Crippen LogP contribution in [-0.4, -0.2) is 24.7 Å². The van der Waals surface area contributed by atoms with Crippen LogP contribution in [0.4, 0.5) is 0 Å². The van der Waals surface area contributed by atoms with Crippen molar-refractivity contribution in [3.05, 3.63) is 54.6 Å². The summed E-state index contributed by atoms with van der Waals surface area (Å²) in [6, 6.07) is 16.6. The third-order valence-corrected chi connectivity index (χ3v) is 4.01. The van der Waals surface area contributed by atoms with Crippen molar-refractivity contribution in [3.8, 4) is 23.0 Å². The summed E-state index contributed by atoms with van der Waals surface area (Å²) in [4.78, 5) is 15.0. The van der Waals surface area contributed by atoms with Crippen LogP contribution in [0.1, 0.15) is 0 Å². The Hall–Kier alpha value is -2.54. The Morgan fingerprint density at radius 1 is 1.04 bits per heavy atom. The molecule has 0 aliphatic heterocycles. The number of ether oxygens (including phenoxy) is 2. The average molecular weight is 371 g/mol. The molecule has 0 unspecified atom stereocenters. The molecule has 0 saturated carbocycles. The summed E-state index contributed by atoms with van der Waals surface area (Å²) in [6.07, 6.45) is 0. The fraction of sp³-hybridized carbons (Fsp3) is 0.100. The van der Waals surface area contributed by atoms with Gasteiger partial charge in [-0.3, -0.25) is 0 Å². The number of hydrogen-bond donors (Lipinski definition) is 0. The minimum Gasteiger partial charge on any atom is -0.546 e. The van der Waals surface area contributed by atoms with Crippen LogP contribution in [-0.2, 0) is 4.79 Å². The fourth-order valence-corrected chi connectivity index (χ4v) is 2.74. The number of rotatable bonds is 5. The standard InChI is InChI=1S/C20H15NO5.Na/c1-24-15-6-7-17-18(10-15)26-20(21-17)14-3-2-13-9-16(25-11-19(22)23)5-4-12(13)8-14;/h2-10H,11H2,1H3,(H,22,23);/q;+1/p-1. The predicted octanol–water partition coefficient (Wildman–Crippen LogP) is -0.211. The normalized spacial score (nSPS) is 10.6. The average Bonchev–Trinajstić information content (AvgIpc) is 3.08. The van der Waals surface area contributed by atoms with Crippen molar-refractivity contribution in [1.29, 1.82) is 0 Å². The minimum atomic E-state index is -1.26. The number of aromatic nitrogens is 1. The second-order valence-corrected chi connectivity index (χ2v) is 5.74. The molecule has 130 valence electrons. The fourth-order valence-electron chi connectivity index (χ4n) is 2.74. The van der Waals surface area contributed by atoms with Gasteiger partial charge in [0.15, 0.2) is 5.58 Å². The van der Waals surface area contributed by atoms with Gasteiger partial charge in [-0.15, -0.1) is 0 Å². The van der Waals surface area contributed by atoms with Gasteiger partial charge < -0.3 is 23.8 Å². The Morgan fingerprint density at radius 2 is 1.78 bits per heavy atom. The van der Waals surface area contributed by atoms with Crippen molar-refractivity contribution >= 4 is 27.8 Å². The van der Waals surface area contributed by atoms with E-state index in [0.717, 1.165) is 21.9 Å². The third kappa shape index (κ3) is 4.08. The summed E-state index contributed by atoms with van der Waals surface area (Å²) >= 11 is 0. The van der Waals surface area contributed by atoms with Crippen LogP contribution < -0.4 is 44.1 Å². The Kier molecular flexibility index (Phi) is 5.70. The van der Waals surface area contributed by atoms with Gasteiger partial charge in [0.1, 0.15) is 23.6 Å². The smallest absolute Gasteiger partial charge is 0.546 e. The molecule has 27 heavy (non-hydrogen) atoms. The van der Waals surface area contributed by atoms with Gasteiger partial charge in [-0.2, -0.15) is 0 Å². The second kappa shape index (κ2) is 8.00. The van der Waals surface area contributed by atoms with Gasteiger partial charge in [0.25, 0.3) is 0 Å². The van der Waals surface area contributed by atoms with Crippen molar-refractivity contribution in [1.82, 2.24) is 4.98 Å². The predicted molar refractivity (Wildman–Crippen MR) is 94.0 cm³/mol. The van der Waals surface area contributed by atoms with Crippen LogP contribution in [0.25, 0.3) is 33.3 Å². The van der Waals surface area contributed by atoms with E-state index >= 15 is 0 Å². The number of carboxylic acid groups (broad SMARTS) is 1. The zero-order valence-corrected chi connectivity index (χ0v) is 16.9. The molecular weight excluding hydrogens is 357 g/mol. The van der Waals surface area contributed by atoms with E-state index < -0.39 is 12.6 Å². The van der Waals surface area contributed by atoms with E-state index in [0.29, 0.717) is 23.0 Å². The number of hydrogen-bond acceptors (Lipinski definition) is 6. The third-order valence-electron chi connectivity index (χ3n) is 4.01. The van der Waals surface area contributed by atoms with E-state index in [4.69, 9.17) is 13.9 Å². The number of carbonyl (C=O) groups is 1. The molecule has 4 rings (SSSR count). The van der Waals surface area contributed by atoms with Crippen LogP contribution in [0, 0.1) is 0 Å². The quantitative estimate of drug-likeness (QED) is 0.452. The van der Waals surface area contributed by atoms with Crippen molar-refractivity contribution in [2.24, 2.45) is 0 Å². The SMILES string of the molecule is COc1ccc2nc(-c3ccc4cc(OCC(=O)[O-])ccc4c3)oc2c1.[Na+]. The number of aliphatic carboxylic acids is 1. The topological polar surface area (TPSA) is 84.6 Å². The van der Waals surface area contributed by atoms with Gasteiger partial charge in [-0.25, -0.2) is 4.98 Å².